The van der Waals surface area contributed by atoms with Crippen LogP contribution in [0.5, 0.6) is 0 Å². The fourth-order valence-corrected chi connectivity index (χ4v) is 5.88. The number of rotatable bonds is 11. The van der Waals surface area contributed by atoms with Crippen LogP contribution < -0.4 is 11.1 Å². The summed E-state index contributed by atoms with van der Waals surface area (Å²) in [5.74, 6) is 0.605. The number of nitrogens with zero attached hydrogens (tertiary/aromatic N) is 4. The molecule has 220 valence electrons. The minimum Gasteiger partial charge on any atom is -0.465 e. The first-order valence-corrected chi connectivity index (χ1v) is 14.4. The lowest BCUT2D eigenvalue weighted by molar-refractivity contribution is -0.132. The average Bonchev–Trinajstić information content (AvgIpc) is 3.36. The summed E-state index contributed by atoms with van der Waals surface area (Å²) in [7, 11) is 1.71. The third kappa shape index (κ3) is 7.06. The van der Waals surface area contributed by atoms with Crippen LogP contribution in [0.3, 0.4) is 0 Å². The second-order valence-electron chi connectivity index (χ2n) is 10.9. The molecule has 4 aromatic rings. The van der Waals surface area contributed by atoms with Crippen LogP contribution in [0, 0.1) is 0 Å². The number of amides is 2. The summed E-state index contributed by atoms with van der Waals surface area (Å²) < 4.78 is 7.55. The van der Waals surface area contributed by atoms with E-state index in [4.69, 9.17) is 10.5 Å². The SMILES string of the molecule is COCCCn1c(C2CCCN(C(=O)C[C@@H](Cc3ccc(-c4ccc(N)nc4)cc3)NC(=O)O)C2)cc2cccnc21. The van der Waals surface area contributed by atoms with E-state index >= 15 is 0 Å². The van der Waals surface area contributed by atoms with Crippen molar-refractivity contribution in [3.8, 4) is 11.1 Å². The molecule has 3 aromatic heterocycles. The van der Waals surface area contributed by atoms with Crippen LogP contribution in [0.15, 0.2) is 67.0 Å². The van der Waals surface area contributed by atoms with Crippen molar-refractivity contribution in [2.45, 2.75) is 50.6 Å². The number of hydrogen-bond donors (Lipinski definition) is 3. The number of nitrogen functional groups attached to an aromatic ring is 1. The van der Waals surface area contributed by atoms with E-state index in [2.05, 4.69) is 32.0 Å². The summed E-state index contributed by atoms with van der Waals surface area (Å²) in [6.07, 6.45) is 5.66. The summed E-state index contributed by atoms with van der Waals surface area (Å²) in [5, 5.41) is 13.2. The molecule has 4 N–H and O–H groups in total. The molecule has 4 heterocycles. The molecular weight excluding hydrogens is 532 g/mol. The van der Waals surface area contributed by atoms with Crippen LogP contribution in [0.4, 0.5) is 10.6 Å². The molecular formula is C32H38N6O4. The zero-order valence-corrected chi connectivity index (χ0v) is 23.9. The third-order valence-corrected chi connectivity index (χ3v) is 7.91. The van der Waals surface area contributed by atoms with E-state index in [0.717, 1.165) is 53.5 Å². The zero-order chi connectivity index (χ0) is 29.5. The van der Waals surface area contributed by atoms with Crippen LogP contribution in [-0.4, -0.2) is 69.4 Å². The first kappa shape index (κ1) is 29.1. The van der Waals surface area contributed by atoms with Crippen molar-refractivity contribution >= 4 is 28.9 Å². The van der Waals surface area contributed by atoms with Crippen LogP contribution in [-0.2, 0) is 22.5 Å². The molecule has 1 aromatic carbocycles. The van der Waals surface area contributed by atoms with Crippen molar-refractivity contribution in [1.82, 2.24) is 24.8 Å². The highest BCUT2D eigenvalue weighted by molar-refractivity contribution is 5.79. The van der Waals surface area contributed by atoms with Gasteiger partial charge in [-0.1, -0.05) is 24.3 Å². The second kappa shape index (κ2) is 13.5. The molecule has 0 saturated carbocycles. The maximum absolute atomic E-state index is 13.5. The molecule has 10 heteroatoms. The van der Waals surface area contributed by atoms with Crippen molar-refractivity contribution < 1.29 is 19.4 Å². The van der Waals surface area contributed by atoms with Crippen LogP contribution in [0.25, 0.3) is 22.2 Å². The number of carbonyl (C=O) groups is 2. The van der Waals surface area contributed by atoms with Gasteiger partial charge in [0, 0.05) is 80.8 Å². The number of likely N-dealkylation sites (tertiary alicyclic amines) is 1. The Kier molecular flexibility index (Phi) is 9.33. The van der Waals surface area contributed by atoms with Gasteiger partial charge in [-0.2, -0.15) is 0 Å². The Balaban J connectivity index is 1.27. The molecule has 1 fully saturated rings. The molecule has 1 unspecified atom stereocenters. The van der Waals surface area contributed by atoms with Crippen LogP contribution in [0.2, 0.25) is 0 Å². The summed E-state index contributed by atoms with van der Waals surface area (Å²) in [4.78, 5) is 35.8. The number of aromatic nitrogens is 3. The van der Waals surface area contributed by atoms with E-state index in [0.29, 0.717) is 31.9 Å². The van der Waals surface area contributed by atoms with Crippen LogP contribution >= 0.6 is 0 Å². The Morgan fingerprint density at radius 3 is 2.69 bits per heavy atom. The largest absolute Gasteiger partial charge is 0.465 e. The van der Waals surface area contributed by atoms with Gasteiger partial charge in [0.05, 0.1) is 0 Å². The number of fused-ring (bicyclic) bond motifs is 1. The highest BCUT2D eigenvalue weighted by Crippen LogP contribution is 2.32. The number of benzene rings is 1. The summed E-state index contributed by atoms with van der Waals surface area (Å²) in [6.45, 7) is 2.73. The van der Waals surface area contributed by atoms with Crippen molar-refractivity contribution in [2.75, 3.05) is 32.5 Å². The number of ether oxygens (including phenoxy) is 1. The van der Waals surface area contributed by atoms with E-state index in [1.165, 1.54) is 5.69 Å². The summed E-state index contributed by atoms with van der Waals surface area (Å²) in [6, 6.07) is 17.2. The normalized spacial score (nSPS) is 15.9. The van der Waals surface area contributed by atoms with Gasteiger partial charge in [0.25, 0.3) is 0 Å². The third-order valence-electron chi connectivity index (χ3n) is 7.91. The number of nitrogens with one attached hydrogen (secondary N) is 1. The van der Waals surface area contributed by atoms with Crippen molar-refractivity contribution in [2.24, 2.45) is 0 Å². The lowest BCUT2D eigenvalue weighted by Crippen LogP contribution is -2.44. The van der Waals surface area contributed by atoms with Gasteiger partial charge < -0.3 is 30.4 Å². The summed E-state index contributed by atoms with van der Waals surface area (Å²) in [5.41, 5.74) is 10.7. The van der Waals surface area contributed by atoms with E-state index < -0.39 is 12.1 Å². The number of aryl methyl sites for hydroxylation is 1. The minimum atomic E-state index is -1.14. The van der Waals surface area contributed by atoms with Crippen LogP contribution in [0.1, 0.15) is 42.9 Å². The van der Waals surface area contributed by atoms with Crippen molar-refractivity contribution in [3.05, 3.63) is 78.2 Å². The first-order chi connectivity index (χ1) is 20.4. The zero-order valence-electron chi connectivity index (χ0n) is 23.9. The molecule has 5 rings (SSSR count). The molecule has 0 bridgehead atoms. The lowest BCUT2D eigenvalue weighted by Gasteiger charge is -2.34. The van der Waals surface area contributed by atoms with E-state index in [1.807, 2.05) is 47.5 Å². The first-order valence-electron chi connectivity index (χ1n) is 14.4. The van der Waals surface area contributed by atoms with E-state index in [-0.39, 0.29) is 18.2 Å². The number of carboxylic acid groups (broad SMARTS) is 1. The number of pyridine rings is 2. The average molecular weight is 571 g/mol. The standard InChI is InChI=1S/C32H38N6O4/c1-42-16-4-15-38-28(18-24-5-2-13-34-31(24)38)26-6-3-14-37(21-26)30(39)19-27(36-32(40)41)17-22-7-9-23(10-8-22)25-11-12-29(33)35-20-25/h2,5,7-13,18,20,26-27,36H,3-4,6,14-17,19,21H2,1H3,(H2,33,35)(H,40,41)/t26?,27-/m1/s1. The number of hydrogen-bond acceptors (Lipinski definition) is 6. The molecule has 2 amide bonds. The maximum atomic E-state index is 13.5. The molecule has 1 saturated heterocycles. The number of methoxy groups -OCH3 is 1. The highest BCUT2D eigenvalue weighted by atomic mass is 16.5. The molecule has 42 heavy (non-hydrogen) atoms. The van der Waals surface area contributed by atoms with Gasteiger partial charge in [0.15, 0.2) is 0 Å². The Hall–Kier alpha value is -4.44. The minimum absolute atomic E-state index is 0.0387. The molecule has 2 atom stereocenters. The molecule has 0 spiro atoms. The number of nitrogens with two attached hydrogens (primary N) is 1. The number of anilines is 1. The molecule has 0 radical (unpaired) electrons. The Bertz CT molecular complexity index is 1500. The Morgan fingerprint density at radius 1 is 1.14 bits per heavy atom. The Labute approximate surface area is 245 Å². The highest BCUT2D eigenvalue weighted by Gasteiger charge is 2.29. The molecule has 0 aliphatic carbocycles. The predicted molar refractivity (Wildman–Crippen MR) is 162 cm³/mol. The monoisotopic (exact) mass is 570 g/mol. The fourth-order valence-electron chi connectivity index (χ4n) is 5.88. The Morgan fingerprint density at radius 2 is 1.95 bits per heavy atom. The van der Waals surface area contributed by atoms with Gasteiger partial charge in [0.1, 0.15) is 11.5 Å². The van der Waals surface area contributed by atoms with Gasteiger partial charge >= 0.3 is 6.09 Å². The van der Waals surface area contributed by atoms with Gasteiger partial charge in [0.2, 0.25) is 5.91 Å². The fraction of sp³-hybridized carbons (Fsp3) is 0.375. The number of carbonyl (C=O) groups excluding carboxylic acids is 1. The van der Waals surface area contributed by atoms with Gasteiger partial charge in [-0.15, -0.1) is 0 Å². The maximum Gasteiger partial charge on any atom is 0.404 e. The topological polar surface area (TPSA) is 136 Å². The lowest BCUT2D eigenvalue weighted by atomic mass is 9.93. The van der Waals surface area contributed by atoms with Gasteiger partial charge in [-0.3, -0.25) is 4.79 Å². The van der Waals surface area contributed by atoms with Gasteiger partial charge in [-0.25, -0.2) is 14.8 Å². The quantitative estimate of drug-likeness (QED) is 0.223. The van der Waals surface area contributed by atoms with E-state index in [9.17, 15) is 14.7 Å². The van der Waals surface area contributed by atoms with Gasteiger partial charge in [-0.05, 0) is 67.1 Å². The predicted octanol–water partition coefficient (Wildman–Crippen LogP) is 4.69. The van der Waals surface area contributed by atoms with Crippen molar-refractivity contribution in [1.29, 1.82) is 0 Å². The molecule has 10 nitrogen and oxygen atoms in total. The summed E-state index contributed by atoms with van der Waals surface area (Å²) >= 11 is 0. The molecule has 1 aliphatic rings. The van der Waals surface area contributed by atoms with Crippen molar-refractivity contribution in [3.63, 3.8) is 0 Å². The van der Waals surface area contributed by atoms with E-state index in [1.54, 1.807) is 19.4 Å². The smallest absolute Gasteiger partial charge is 0.404 e. The molecule has 1 aliphatic heterocycles. The second-order valence-corrected chi connectivity index (χ2v) is 10.9. The number of piperidine rings is 1.